The highest BCUT2D eigenvalue weighted by Gasteiger charge is 2.08. The summed E-state index contributed by atoms with van der Waals surface area (Å²) in [6.45, 7) is 7.11. The molecule has 0 bridgehead atoms. The third-order valence-electron chi connectivity index (χ3n) is 3.41. The highest BCUT2D eigenvalue weighted by Crippen LogP contribution is 2.25. The molecule has 1 aromatic carbocycles. The van der Waals surface area contributed by atoms with E-state index in [1.807, 2.05) is 12.1 Å². The van der Waals surface area contributed by atoms with E-state index in [2.05, 4.69) is 24.8 Å². The van der Waals surface area contributed by atoms with Crippen LogP contribution in [0.4, 0.5) is 5.69 Å². The molecule has 1 aromatic rings. The van der Waals surface area contributed by atoms with E-state index < -0.39 is 0 Å². The first-order valence-corrected chi connectivity index (χ1v) is 7.49. The fraction of sp³-hybridized carbons (Fsp3) is 0.625. The number of nitrogens with two attached hydrogens (primary N) is 1. The molecule has 3 nitrogen and oxygen atoms in total. The number of rotatable bonds is 9. The van der Waals surface area contributed by atoms with Crippen LogP contribution in [-0.4, -0.2) is 24.7 Å². The molecule has 0 aliphatic heterocycles. The van der Waals surface area contributed by atoms with Crippen LogP contribution in [0.3, 0.4) is 0 Å². The molecule has 1 rings (SSSR count). The highest BCUT2D eigenvalue weighted by atomic mass is 16.3. The van der Waals surface area contributed by atoms with Gasteiger partial charge in [0.2, 0.25) is 0 Å². The van der Waals surface area contributed by atoms with Crippen LogP contribution >= 0.6 is 0 Å². The number of nitrogens with zero attached hydrogens (tertiary/aromatic N) is 1. The van der Waals surface area contributed by atoms with Gasteiger partial charge in [-0.05, 0) is 37.4 Å². The van der Waals surface area contributed by atoms with Crippen molar-refractivity contribution in [1.29, 1.82) is 0 Å². The number of aromatic hydroxyl groups is 1. The molecule has 0 atom stereocenters. The summed E-state index contributed by atoms with van der Waals surface area (Å²) < 4.78 is 0. The highest BCUT2D eigenvalue weighted by molar-refractivity contribution is 5.53. The molecule has 19 heavy (non-hydrogen) atoms. The topological polar surface area (TPSA) is 49.5 Å². The molecule has 0 spiro atoms. The molecule has 0 radical (unpaired) electrons. The van der Waals surface area contributed by atoms with Gasteiger partial charge in [-0.2, -0.15) is 0 Å². The second kappa shape index (κ2) is 8.81. The maximum atomic E-state index is 10.0. The molecule has 0 aliphatic carbocycles. The van der Waals surface area contributed by atoms with Crippen LogP contribution in [0, 0.1) is 0 Å². The Morgan fingerprint density at radius 1 is 1.11 bits per heavy atom. The number of phenols is 1. The summed E-state index contributed by atoms with van der Waals surface area (Å²) in [4.78, 5) is 2.37. The molecule has 0 unspecified atom stereocenters. The summed E-state index contributed by atoms with van der Waals surface area (Å²) in [6.07, 6.45) is 5.50. The summed E-state index contributed by atoms with van der Waals surface area (Å²) in [5.41, 5.74) is 7.60. The molecule has 108 valence electrons. The van der Waals surface area contributed by atoms with Gasteiger partial charge >= 0.3 is 0 Å². The van der Waals surface area contributed by atoms with Gasteiger partial charge in [0.1, 0.15) is 5.75 Å². The predicted molar refractivity (Wildman–Crippen MR) is 82.9 cm³/mol. The lowest BCUT2D eigenvalue weighted by molar-refractivity contribution is 0.468. The first-order valence-electron chi connectivity index (χ1n) is 7.49. The molecule has 0 fully saturated rings. The average molecular weight is 264 g/mol. The Hall–Kier alpha value is -1.22. The van der Waals surface area contributed by atoms with Gasteiger partial charge in [-0.15, -0.1) is 0 Å². The van der Waals surface area contributed by atoms with E-state index in [0.717, 1.165) is 30.8 Å². The standard InChI is InChI=1S/C16H28N2O/c1-3-5-11-18(12-6-4-2)15-8-7-14(9-10-17)16(19)13-15/h7-8,13,19H,3-6,9-12,17H2,1-2H3. The van der Waals surface area contributed by atoms with Crippen molar-refractivity contribution < 1.29 is 5.11 Å². The number of hydrogen-bond donors (Lipinski definition) is 2. The van der Waals surface area contributed by atoms with Crippen LogP contribution in [-0.2, 0) is 6.42 Å². The van der Waals surface area contributed by atoms with Crippen molar-refractivity contribution in [2.75, 3.05) is 24.5 Å². The lowest BCUT2D eigenvalue weighted by Gasteiger charge is -2.25. The molecule has 0 saturated heterocycles. The van der Waals surface area contributed by atoms with Crippen molar-refractivity contribution >= 4 is 5.69 Å². The van der Waals surface area contributed by atoms with Gasteiger partial charge in [-0.1, -0.05) is 32.8 Å². The van der Waals surface area contributed by atoms with Crippen LogP contribution < -0.4 is 10.6 Å². The monoisotopic (exact) mass is 264 g/mol. The van der Waals surface area contributed by atoms with E-state index in [-0.39, 0.29) is 0 Å². The van der Waals surface area contributed by atoms with Gasteiger partial charge < -0.3 is 15.7 Å². The zero-order valence-electron chi connectivity index (χ0n) is 12.4. The Kier molecular flexibility index (Phi) is 7.34. The maximum Gasteiger partial charge on any atom is 0.120 e. The van der Waals surface area contributed by atoms with E-state index in [0.29, 0.717) is 12.3 Å². The van der Waals surface area contributed by atoms with E-state index in [1.54, 1.807) is 0 Å². The number of hydrogen-bond acceptors (Lipinski definition) is 3. The minimum atomic E-state index is 0.376. The average Bonchev–Trinajstić information content (AvgIpc) is 2.41. The summed E-state index contributed by atoms with van der Waals surface area (Å²) >= 11 is 0. The lowest BCUT2D eigenvalue weighted by Crippen LogP contribution is -2.25. The smallest absolute Gasteiger partial charge is 0.120 e. The summed E-state index contributed by atoms with van der Waals surface area (Å²) in [6, 6.07) is 5.99. The third-order valence-corrected chi connectivity index (χ3v) is 3.41. The third kappa shape index (κ3) is 5.11. The zero-order valence-corrected chi connectivity index (χ0v) is 12.4. The lowest BCUT2D eigenvalue weighted by atomic mass is 10.1. The molecule has 0 heterocycles. The minimum absolute atomic E-state index is 0.376. The quantitative estimate of drug-likeness (QED) is 0.719. The SMILES string of the molecule is CCCCN(CCCC)c1ccc(CCN)c(O)c1. The van der Waals surface area contributed by atoms with E-state index in [1.165, 1.54) is 25.7 Å². The molecular formula is C16H28N2O. The molecule has 0 aliphatic rings. The Morgan fingerprint density at radius 2 is 1.74 bits per heavy atom. The zero-order chi connectivity index (χ0) is 14.1. The predicted octanol–water partition coefficient (Wildman–Crippen LogP) is 3.30. The molecule has 0 amide bonds. The van der Waals surface area contributed by atoms with Gasteiger partial charge in [0.15, 0.2) is 0 Å². The molecule has 3 N–H and O–H groups in total. The van der Waals surface area contributed by atoms with Crippen molar-refractivity contribution in [3.05, 3.63) is 23.8 Å². The molecular weight excluding hydrogens is 236 g/mol. The van der Waals surface area contributed by atoms with E-state index >= 15 is 0 Å². The van der Waals surface area contributed by atoms with E-state index in [9.17, 15) is 5.11 Å². The van der Waals surface area contributed by atoms with Gasteiger partial charge in [0.05, 0.1) is 0 Å². The minimum Gasteiger partial charge on any atom is -0.508 e. The Labute approximate surface area is 117 Å². The first kappa shape index (κ1) is 15.8. The Bertz CT molecular complexity index is 358. The molecule has 0 saturated carbocycles. The number of phenolic OH excluding ortho intramolecular Hbond substituents is 1. The fourth-order valence-corrected chi connectivity index (χ4v) is 2.18. The van der Waals surface area contributed by atoms with Gasteiger partial charge in [-0.3, -0.25) is 0 Å². The second-order valence-electron chi connectivity index (χ2n) is 5.05. The fourth-order valence-electron chi connectivity index (χ4n) is 2.18. The Balaban J connectivity index is 2.79. The van der Waals surface area contributed by atoms with Gasteiger partial charge in [0.25, 0.3) is 0 Å². The van der Waals surface area contributed by atoms with E-state index in [4.69, 9.17) is 5.73 Å². The maximum absolute atomic E-state index is 10.0. The van der Waals surface area contributed by atoms with Crippen molar-refractivity contribution in [1.82, 2.24) is 0 Å². The molecule has 3 heteroatoms. The van der Waals surface area contributed by atoms with Crippen LogP contribution in [0.25, 0.3) is 0 Å². The largest absolute Gasteiger partial charge is 0.508 e. The van der Waals surface area contributed by atoms with Gasteiger partial charge in [0, 0.05) is 24.8 Å². The first-order chi connectivity index (χ1) is 9.22. The van der Waals surface area contributed by atoms with Crippen molar-refractivity contribution in [2.24, 2.45) is 5.73 Å². The number of unbranched alkanes of at least 4 members (excludes halogenated alkanes) is 2. The van der Waals surface area contributed by atoms with Crippen molar-refractivity contribution in [2.45, 2.75) is 46.0 Å². The summed E-state index contributed by atoms with van der Waals surface area (Å²) in [5, 5.41) is 10.0. The second-order valence-corrected chi connectivity index (χ2v) is 5.05. The van der Waals surface area contributed by atoms with Crippen LogP contribution in [0.2, 0.25) is 0 Å². The number of benzene rings is 1. The number of anilines is 1. The Morgan fingerprint density at radius 3 is 2.21 bits per heavy atom. The summed E-state index contributed by atoms with van der Waals surface area (Å²) in [7, 11) is 0. The normalized spacial score (nSPS) is 10.7. The van der Waals surface area contributed by atoms with Gasteiger partial charge in [-0.25, -0.2) is 0 Å². The van der Waals surface area contributed by atoms with Crippen LogP contribution in [0.5, 0.6) is 5.75 Å². The van der Waals surface area contributed by atoms with Crippen LogP contribution in [0.1, 0.15) is 45.1 Å². The molecule has 0 aromatic heterocycles. The van der Waals surface area contributed by atoms with Crippen molar-refractivity contribution in [3.8, 4) is 5.75 Å². The van der Waals surface area contributed by atoms with Crippen molar-refractivity contribution in [3.63, 3.8) is 0 Å². The summed E-state index contributed by atoms with van der Waals surface area (Å²) in [5.74, 6) is 0.376. The van der Waals surface area contributed by atoms with Crippen LogP contribution in [0.15, 0.2) is 18.2 Å².